The Hall–Kier alpha value is -2.59. The third kappa shape index (κ3) is 9.20. The van der Waals surface area contributed by atoms with Gasteiger partial charge in [-0.25, -0.2) is 4.79 Å². The van der Waals surface area contributed by atoms with E-state index in [1.165, 1.54) is 0 Å². The molecule has 2 saturated heterocycles. The molecule has 0 radical (unpaired) electrons. The van der Waals surface area contributed by atoms with E-state index in [2.05, 4.69) is 38.3 Å². The monoisotopic (exact) mass is 590 g/mol. The second-order valence-electron chi connectivity index (χ2n) is 13.4. The lowest BCUT2D eigenvalue weighted by atomic mass is 9.91. The maximum absolute atomic E-state index is 14.4. The van der Waals surface area contributed by atoms with Gasteiger partial charge >= 0.3 is 6.09 Å². The smallest absolute Gasteiger partial charge is 0.410 e. The Morgan fingerprint density at radius 3 is 2.31 bits per heavy atom. The fraction of sp³-hybridized carbons (Fsp3) is 0.781. The van der Waals surface area contributed by atoms with Crippen LogP contribution in [0.2, 0.25) is 0 Å². The highest BCUT2D eigenvalue weighted by molar-refractivity contribution is 5.93. The first-order chi connectivity index (χ1) is 19.8. The topological polar surface area (TPSA) is 93.5 Å². The second-order valence-corrected chi connectivity index (χ2v) is 13.4. The van der Waals surface area contributed by atoms with E-state index in [1.54, 1.807) is 12.0 Å². The Kier molecular flexibility index (Phi) is 12.3. The first kappa shape index (κ1) is 33.9. The van der Waals surface area contributed by atoms with Crippen LogP contribution in [0.5, 0.6) is 0 Å². The average Bonchev–Trinajstić information content (AvgIpc) is 3.36. The molecule has 238 valence electrons. The third-order valence-electron chi connectivity index (χ3n) is 7.82. The fourth-order valence-electron chi connectivity index (χ4n) is 5.87. The van der Waals surface area contributed by atoms with E-state index in [-0.39, 0.29) is 36.2 Å². The van der Waals surface area contributed by atoms with E-state index in [0.717, 1.165) is 25.1 Å². The van der Waals surface area contributed by atoms with Gasteiger partial charge in [-0.05, 0) is 64.0 Å². The predicted octanol–water partition coefficient (Wildman–Crippen LogP) is 4.62. The van der Waals surface area contributed by atoms with Gasteiger partial charge in [-0.2, -0.15) is 0 Å². The van der Waals surface area contributed by atoms with Crippen molar-refractivity contribution in [3.8, 4) is 0 Å². The first-order valence-corrected chi connectivity index (χ1v) is 15.7. The zero-order valence-electron chi connectivity index (χ0n) is 27.2. The standard InChI is InChI=1S/C32H54N4O6/c1-23(2)20-36(30(38)28-12-11-27(24(3)4)35(28)13-9-10-16-40-8)26-19-25(29(37)33-14-17-41-18-15-33)21-34(22-26)31(39)42-32(5,6)7/h11-12,23-26H,9-10,13-22H2,1-8H3/t25-,26+/m1/s1. The molecule has 0 spiro atoms. The van der Waals surface area contributed by atoms with Crippen LogP contribution in [-0.4, -0.2) is 108 Å². The Balaban J connectivity index is 1.95. The highest BCUT2D eigenvalue weighted by Crippen LogP contribution is 2.28. The molecule has 1 aromatic heterocycles. The Morgan fingerprint density at radius 2 is 1.71 bits per heavy atom. The van der Waals surface area contributed by atoms with E-state index in [9.17, 15) is 14.4 Å². The summed E-state index contributed by atoms with van der Waals surface area (Å²) in [6.45, 7) is 18.6. The van der Waals surface area contributed by atoms with Crippen LogP contribution < -0.4 is 0 Å². The minimum Gasteiger partial charge on any atom is -0.444 e. The summed E-state index contributed by atoms with van der Waals surface area (Å²) in [6, 6.07) is 3.67. The number of aromatic nitrogens is 1. The summed E-state index contributed by atoms with van der Waals surface area (Å²) < 4.78 is 18.6. The van der Waals surface area contributed by atoms with Crippen LogP contribution in [0, 0.1) is 11.8 Å². The molecule has 10 heteroatoms. The maximum Gasteiger partial charge on any atom is 0.410 e. The second kappa shape index (κ2) is 15.2. The van der Waals surface area contributed by atoms with Crippen LogP contribution in [0.1, 0.15) is 89.8 Å². The van der Waals surface area contributed by atoms with Crippen molar-refractivity contribution in [2.24, 2.45) is 11.8 Å². The van der Waals surface area contributed by atoms with E-state index >= 15 is 0 Å². The summed E-state index contributed by atoms with van der Waals surface area (Å²) in [7, 11) is 1.70. The van der Waals surface area contributed by atoms with Crippen molar-refractivity contribution >= 4 is 17.9 Å². The molecule has 3 heterocycles. The van der Waals surface area contributed by atoms with Crippen molar-refractivity contribution in [2.45, 2.75) is 91.8 Å². The molecule has 0 N–H and O–H groups in total. The van der Waals surface area contributed by atoms with Crippen LogP contribution >= 0.6 is 0 Å². The molecule has 2 aliphatic heterocycles. The number of carbonyl (C=O) groups excluding carboxylic acids is 3. The van der Waals surface area contributed by atoms with Gasteiger partial charge < -0.3 is 33.5 Å². The molecule has 10 nitrogen and oxygen atoms in total. The molecule has 42 heavy (non-hydrogen) atoms. The number of hydrogen-bond acceptors (Lipinski definition) is 6. The molecule has 3 amide bonds. The highest BCUT2D eigenvalue weighted by Gasteiger charge is 2.41. The minimum atomic E-state index is -0.669. The molecular formula is C32H54N4O6. The lowest BCUT2D eigenvalue weighted by Crippen LogP contribution is -2.58. The fourth-order valence-corrected chi connectivity index (χ4v) is 5.87. The summed E-state index contributed by atoms with van der Waals surface area (Å²) in [5.74, 6) is -0.00808. The van der Waals surface area contributed by atoms with Gasteiger partial charge in [0.15, 0.2) is 0 Å². The summed E-state index contributed by atoms with van der Waals surface area (Å²) >= 11 is 0. The van der Waals surface area contributed by atoms with Crippen LogP contribution in [0.15, 0.2) is 12.1 Å². The number of nitrogens with zero attached hydrogens (tertiary/aromatic N) is 4. The molecule has 0 unspecified atom stereocenters. The van der Waals surface area contributed by atoms with Gasteiger partial charge in [0.1, 0.15) is 11.3 Å². The lowest BCUT2D eigenvalue weighted by molar-refractivity contribution is -0.142. The lowest BCUT2D eigenvalue weighted by Gasteiger charge is -2.44. The number of morpholine rings is 1. The molecule has 3 rings (SSSR count). The SMILES string of the molecule is COCCCCn1c(C(=O)N(CC(C)C)[C@H]2C[C@@H](C(=O)N3CCOCC3)CN(C(=O)OC(C)(C)C)C2)ccc1C(C)C. The van der Waals surface area contributed by atoms with Gasteiger partial charge in [0.05, 0.1) is 25.2 Å². The van der Waals surface area contributed by atoms with Crippen molar-refractivity contribution in [1.82, 2.24) is 19.3 Å². The molecule has 0 aromatic carbocycles. The van der Waals surface area contributed by atoms with Crippen LogP contribution in [0.4, 0.5) is 4.79 Å². The Labute approximate surface area is 252 Å². The van der Waals surface area contributed by atoms with Gasteiger partial charge in [-0.1, -0.05) is 27.7 Å². The van der Waals surface area contributed by atoms with Crippen molar-refractivity contribution in [2.75, 3.05) is 59.7 Å². The molecule has 0 bridgehead atoms. The summed E-state index contributed by atoms with van der Waals surface area (Å²) in [5.41, 5.74) is 1.11. The normalized spacial score (nSPS) is 19.9. The number of likely N-dealkylation sites (tertiary alicyclic amines) is 1. The van der Waals surface area contributed by atoms with E-state index in [0.29, 0.717) is 58.1 Å². The first-order valence-electron chi connectivity index (χ1n) is 15.7. The predicted molar refractivity (Wildman–Crippen MR) is 163 cm³/mol. The summed E-state index contributed by atoms with van der Waals surface area (Å²) in [5, 5.41) is 0. The summed E-state index contributed by atoms with van der Waals surface area (Å²) in [6.07, 6.45) is 1.86. The van der Waals surface area contributed by atoms with Crippen LogP contribution in [0.25, 0.3) is 0 Å². The van der Waals surface area contributed by atoms with Gasteiger partial charge in [0.2, 0.25) is 5.91 Å². The number of ether oxygens (including phenoxy) is 3. The highest BCUT2D eigenvalue weighted by atomic mass is 16.6. The summed E-state index contributed by atoms with van der Waals surface area (Å²) in [4.78, 5) is 46.9. The third-order valence-corrected chi connectivity index (χ3v) is 7.82. The zero-order chi connectivity index (χ0) is 31.0. The quantitative estimate of drug-likeness (QED) is 0.349. The van der Waals surface area contributed by atoms with Crippen molar-refractivity contribution < 1.29 is 28.6 Å². The Bertz CT molecular complexity index is 1040. The molecule has 1 aromatic rings. The van der Waals surface area contributed by atoms with Gasteiger partial charge in [0.25, 0.3) is 5.91 Å². The van der Waals surface area contributed by atoms with Crippen LogP contribution in [-0.2, 0) is 25.5 Å². The van der Waals surface area contributed by atoms with Crippen molar-refractivity contribution in [1.29, 1.82) is 0 Å². The number of rotatable bonds is 11. The molecule has 0 aliphatic carbocycles. The molecular weight excluding hydrogens is 536 g/mol. The number of amides is 3. The van der Waals surface area contributed by atoms with E-state index in [4.69, 9.17) is 14.2 Å². The van der Waals surface area contributed by atoms with E-state index < -0.39 is 17.6 Å². The molecule has 2 aliphatic rings. The van der Waals surface area contributed by atoms with Crippen LogP contribution in [0.3, 0.4) is 0 Å². The molecule has 0 saturated carbocycles. The van der Waals surface area contributed by atoms with Gasteiger partial charge in [-0.3, -0.25) is 9.59 Å². The molecule has 2 fully saturated rings. The number of piperidine rings is 1. The minimum absolute atomic E-state index is 0.0112. The van der Waals surface area contributed by atoms with Gasteiger partial charge in [-0.15, -0.1) is 0 Å². The average molecular weight is 591 g/mol. The van der Waals surface area contributed by atoms with Crippen molar-refractivity contribution in [3.05, 3.63) is 23.5 Å². The maximum atomic E-state index is 14.4. The number of unbranched alkanes of at least 4 members (excludes halogenated alkanes) is 1. The largest absolute Gasteiger partial charge is 0.444 e. The molecule has 2 atom stereocenters. The zero-order valence-corrected chi connectivity index (χ0v) is 27.2. The van der Waals surface area contributed by atoms with Gasteiger partial charge in [0, 0.05) is 58.7 Å². The number of carbonyl (C=O) groups is 3. The van der Waals surface area contributed by atoms with E-state index in [1.807, 2.05) is 36.6 Å². The number of methoxy groups -OCH3 is 1. The number of hydrogen-bond donors (Lipinski definition) is 0. The Morgan fingerprint density at radius 1 is 1.02 bits per heavy atom. The van der Waals surface area contributed by atoms with Crippen molar-refractivity contribution in [3.63, 3.8) is 0 Å².